The number of ether oxygens (including phenoxy) is 1. The smallest absolute Gasteiger partial charge is 0.122 e. The van der Waals surface area contributed by atoms with Crippen LogP contribution in [-0.4, -0.2) is 6.61 Å². The highest BCUT2D eigenvalue weighted by atomic mass is 32.1. The Kier molecular flexibility index (Phi) is 2.64. The summed E-state index contributed by atoms with van der Waals surface area (Å²) in [6.45, 7) is 0.807. The third-order valence-corrected chi connectivity index (χ3v) is 5.47. The van der Waals surface area contributed by atoms with Crippen molar-refractivity contribution in [2.24, 2.45) is 5.73 Å². The van der Waals surface area contributed by atoms with E-state index < -0.39 is 0 Å². The predicted molar refractivity (Wildman–Crippen MR) is 78.0 cm³/mol. The predicted octanol–water partition coefficient (Wildman–Crippen LogP) is 3.22. The molecule has 0 saturated carbocycles. The van der Waals surface area contributed by atoms with Crippen LogP contribution in [0.2, 0.25) is 0 Å². The lowest BCUT2D eigenvalue weighted by molar-refractivity contribution is 0.357. The van der Waals surface area contributed by atoms with Crippen LogP contribution in [0.15, 0.2) is 24.3 Å². The summed E-state index contributed by atoms with van der Waals surface area (Å²) in [5.74, 6) is 1.03. The average molecular weight is 271 g/mol. The normalized spacial score (nSPS) is 17.9. The molecule has 0 spiro atoms. The zero-order valence-corrected chi connectivity index (χ0v) is 11.6. The van der Waals surface area contributed by atoms with Gasteiger partial charge in [0.1, 0.15) is 5.75 Å². The lowest BCUT2D eigenvalue weighted by atomic mass is 10.0. The molecule has 1 unspecified atom stereocenters. The Balaban J connectivity index is 1.67. The van der Waals surface area contributed by atoms with Crippen LogP contribution in [0, 0.1) is 0 Å². The molecule has 98 valence electrons. The molecule has 1 aromatic carbocycles. The Labute approximate surface area is 117 Å². The van der Waals surface area contributed by atoms with E-state index in [2.05, 4.69) is 24.3 Å². The summed E-state index contributed by atoms with van der Waals surface area (Å²) in [6, 6.07) is 8.74. The van der Waals surface area contributed by atoms with Crippen LogP contribution in [-0.2, 0) is 19.3 Å². The molecule has 0 amide bonds. The zero-order valence-electron chi connectivity index (χ0n) is 10.8. The van der Waals surface area contributed by atoms with Crippen molar-refractivity contribution < 1.29 is 4.74 Å². The molecule has 3 heteroatoms. The molecular formula is C16H17NOS. The summed E-state index contributed by atoms with van der Waals surface area (Å²) in [4.78, 5) is 2.86. The summed E-state index contributed by atoms with van der Waals surface area (Å²) in [7, 11) is 0. The maximum Gasteiger partial charge on any atom is 0.122 e. The van der Waals surface area contributed by atoms with E-state index in [1.807, 2.05) is 11.3 Å². The molecule has 1 aromatic heterocycles. The second-order valence-corrected chi connectivity index (χ2v) is 6.56. The van der Waals surface area contributed by atoms with Gasteiger partial charge in [-0.25, -0.2) is 0 Å². The second kappa shape index (κ2) is 4.36. The van der Waals surface area contributed by atoms with Gasteiger partial charge in [0.2, 0.25) is 0 Å². The van der Waals surface area contributed by atoms with Crippen LogP contribution in [0.3, 0.4) is 0 Å². The second-order valence-electron chi connectivity index (χ2n) is 5.39. The number of rotatable bonds is 2. The Morgan fingerprint density at radius 1 is 1.11 bits per heavy atom. The minimum absolute atomic E-state index is 0.0153. The van der Waals surface area contributed by atoms with Gasteiger partial charge in [-0.3, -0.25) is 0 Å². The molecule has 2 N–H and O–H groups in total. The van der Waals surface area contributed by atoms with Gasteiger partial charge >= 0.3 is 0 Å². The van der Waals surface area contributed by atoms with E-state index in [0.717, 1.165) is 18.8 Å². The average Bonchev–Trinajstić information content (AvgIpc) is 3.11. The zero-order chi connectivity index (χ0) is 12.8. The van der Waals surface area contributed by atoms with Gasteiger partial charge in [-0.15, -0.1) is 11.3 Å². The van der Waals surface area contributed by atoms with Gasteiger partial charge in [0.05, 0.1) is 12.6 Å². The van der Waals surface area contributed by atoms with E-state index in [-0.39, 0.29) is 6.04 Å². The molecule has 0 fully saturated rings. The molecule has 0 saturated heterocycles. The number of fused-ring (bicyclic) bond motifs is 2. The maximum absolute atomic E-state index is 6.44. The van der Waals surface area contributed by atoms with Gasteiger partial charge in [-0.2, -0.15) is 0 Å². The molecule has 1 aliphatic carbocycles. The molecule has 19 heavy (non-hydrogen) atoms. The number of thiophene rings is 1. The summed E-state index contributed by atoms with van der Waals surface area (Å²) in [6.07, 6.45) is 4.80. The Morgan fingerprint density at radius 3 is 2.95 bits per heavy atom. The van der Waals surface area contributed by atoms with Crippen molar-refractivity contribution in [1.29, 1.82) is 0 Å². The lowest BCUT2D eigenvalue weighted by Crippen LogP contribution is -2.10. The monoisotopic (exact) mass is 271 g/mol. The fraction of sp³-hybridized carbons (Fsp3) is 0.375. The fourth-order valence-electron chi connectivity index (χ4n) is 3.07. The molecule has 1 atom stereocenters. The molecular weight excluding hydrogens is 254 g/mol. The Hall–Kier alpha value is -1.32. The largest absolute Gasteiger partial charge is 0.493 e. The van der Waals surface area contributed by atoms with Crippen LogP contribution >= 0.6 is 11.3 Å². The Bertz CT molecular complexity index is 610. The quantitative estimate of drug-likeness (QED) is 0.910. The summed E-state index contributed by atoms with van der Waals surface area (Å²) >= 11 is 1.90. The van der Waals surface area contributed by atoms with Crippen LogP contribution in [0.25, 0.3) is 0 Å². The van der Waals surface area contributed by atoms with Gasteiger partial charge in [-0.1, -0.05) is 12.1 Å². The maximum atomic E-state index is 6.44. The molecule has 2 aromatic rings. The highest BCUT2D eigenvalue weighted by molar-refractivity contribution is 7.12. The molecule has 2 nitrogen and oxygen atoms in total. The van der Waals surface area contributed by atoms with Gasteiger partial charge in [0, 0.05) is 16.2 Å². The summed E-state index contributed by atoms with van der Waals surface area (Å²) < 4.78 is 5.55. The number of hydrogen-bond acceptors (Lipinski definition) is 3. The van der Waals surface area contributed by atoms with Crippen LogP contribution in [0.1, 0.15) is 38.9 Å². The van der Waals surface area contributed by atoms with E-state index in [9.17, 15) is 0 Å². The number of aryl methyl sites for hydroxylation is 2. The van der Waals surface area contributed by atoms with E-state index in [4.69, 9.17) is 10.5 Å². The molecule has 2 heterocycles. The molecule has 2 aliphatic rings. The van der Waals surface area contributed by atoms with E-state index >= 15 is 0 Å². The van der Waals surface area contributed by atoms with Crippen LogP contribution in [0.4, 0.5) is 0 Å². The van der Waals surface area contributed by atoms with Crippen molar-refractivity contribution in [2.45, 2.75) is 31.7 Å². The van der Waals surface area contributed by atoms with Gasteiger partial charge in [-0.05, 0) is 48.1 Å². The lowest BCUT2D eigenvalue weighted by Gasteiger charge is -2.11. The van der Waals surface area contributed by atoms with Crippen molar-refractivity contribution in [3.63, 3.8) is 0 Å². The van der Waals surface area contributed by atoms with Crippen molar-refractivity contribution in [1.82, 2.24) is 0 Å². The highest BCUT2D eigenvalue weighted by Gasteiger charge is 2.20. The minimum atomic E-state index is 0.0153. The van der Waals surface area contributed by atoms with Crippen molar-refractivity contribution in [2.75, 3.05) is 6.61 Å². The first-order valence-electron chi connectivity index (χ1n) is 6.94. The molecule has 4 rings (SSSR count). The third-order valence-electron chi connectivity index (χ3n) is 4.14. The molecule has 0 radical (unpaired) electrons. The van der Waals surface area contributed by atoms with Crippen molar-refractivity contribution >= 4 is 11.3 Å². The first kappa shape index (κ1) is 11.5. The highest BCUT2D eigenvalue weighted by Crippen LogP contribution is 2.36. The number of benzene rings is 1. The van der Waals surface area contributed by atoms with Gasteiger partial charge < -0.3 is 10.5 Å². The van der Waals surface area contributed by atoms with Gasteiger partial charge in [0.25, 0.3) is 0 Å². The van der Waals surface area contributed by atoms with Crippen molar-refractivity contribution in [3.05, 3.63) is 50.7 Å². The number of nitrogens with two attached hydrogens (primary N) is 1. The van der Waals surface area contributed by atoms with E-state index in [0.29, 0.717) is 0 Å². The molecule has 1 aliphatic heterocycles. The SMILES string of the molecule is NC(c1ccc2c(c1)CCO2)c1cc2c(s1)CCC2. The fourth-order valence-corrected chi connectivity index (χ4v) is 4.36. The molecule has 0 bridgehead atoms. The summed E-state index contributed by atoms with van der Waals surface area (Å²) in [5, 5.41) is 0. The van der Waals surface area contributed by atoms with Crippen LogP contribution < -0.4 is 10.5 Å². The topological polar surface area (TPSA) is 35.2 Å². The standard InChI is InChI=1S/C16H17NOS/c17-16(15-9-11-2-1-3-14(11)19-15)12-4-5-13-10(8-12)6-7-18-13/h4-5,8-9,16H,1-3,6-7,17H2. The summed E-state index contributed by atoms with van der Waals surface area (Å²) in [5.41, 5.74) is 10.5. The van der Waals surface area contributed by atoms with Crippen LogP contribution in [0.5, 0.6) is 5.75 Å². The Morgan fingerprint density at radius 2 is 2.05 bits per heavy atom. The first-order chi connectivity index (χ1) is 9.31. The van der Waals surface area contributed by atoms with Gasteiger partial charge in [0.15, 0.2) is 0 Å². The third kappa shape index (κ3) is 1.88. The number of hydrogen-bond donors (Lipinski definition) is 1. The first-order valence-corrected chi connectivity index (χ1v) is 7.75. The van der Waals surface area contributed by atoms with E-state index in [1.54, 1.807) is 4.88 Å². The minimum Gasteiger partial charge on any atom is -0.493 e. The van der Waals surface area contributed by atoms with Crippen molar-refractivity contribution in [3.8, 4) is 5.75 Å². The van der Waals surface area contributed by atoms with E-state index in [1.165, 1.54) is 40.8 Å².